The van der Waals surface area contributed by atoms with Crippen LogP contribution in [0.15, 0.2) is 18.6 Å². The molecule has 0 aliphatic carbocycles. The standard InChI is InChI=1S/C16H19N5O2/c1-10-6-14(20-12(3)19-10)15-8-21(4-5-23-15)16(22)13-7-17-9-18-11(13)2/h6-7,9,15H,4-5,8H2,1-3H3/t15-/m1/s1. The third-order valence-electron chi connectivity index (χ3n) is 3.81. The summed E-state index contributed by atoms with van der Waals surface area (Å²) in [4.78, 5) is 31.2. The molecule has 0 bridgehead atoms. The highest BCUT2D eigenvalue weighted by atomic mass is 16.5. The van der Waals surface area contributed by atoms with Crippen LogP contribution in [-0.4, -0.2) is 50.4 Å². The molecule has 3 rings (SSSR count). The van der Waals surface area contributed by atoms with Crippen LogP contribution in [0, 0.1) is 20.8 Å². The summed E-state index contributed by atoms with van der Waals surface area (Å²) in [5.74, 6) is 0.637. The van der Waals surface area contributed by atoms with Gasteiger partial charge in [-0.15, -0.1) is 0 Å². The van der Waals surface area contributed by atoms with E-state index >= 15 is 0 Å². The largest absolute Gasteiger partial charge is 0.368 e. The lowest BCUT2D eigenvalue weighted by Crippen LogP contribution is -2.42. The number of carbonyl (C=O) groups is 1. The SMILES string of the molecule is Cc1cc([C@H]2CN(C(=O)c3cncnc3C)CCO2)nc(C)n1. The Morgan fingerprint density at radius 1 is 1.30 bits per heavy atom. The lowest BCUT2D eigenvalue weighted by molar-refractivity contribution is -0.0249. The van der Waals surface area contributed by atoms with Crippen LogP contribution in [0.4, 0.5) is 0 Å². The minimum absolute atomic E-state index is 0.0705. The van der Waals surface area contributed by atoms with Crippen LogP contribution in [0.25, 0.3) is 0 Å². The first-order valence-electron chi connectivity index (χ1n) is 7.54. The maximum absolute atomic E-state index is 12.7. The van der Waals surface area contributed by atoms with Crippen LogP contribution in [0.2, 0.25) is 0 Å². The van der Waals surface area contributed by atoms with Crippen molar-refractivity contribution >= 4 is 5.91 Å². The average Bonchev–Trinajstić information content (AvgIpc) is 2.54. The molecule has 1 aliphatic rings. The number of hydrogen-bond donors (Lipinski definition) is 0. The summed E-state index contributed by atoms with van der Waals surface area (Å²) >= 11 is 0. The van der Waals surface area contributed by atoms with Gasteiger partial charge < -0.3 is 9.64 Å². The number of rotatable bonds is 2. The quantitative estimate of drug-likeness (QED) is 0.834. The van der Waals surface area contributed by atoms with E-state index in [-0.39, 0.29) is 12.0 Å². The summed E-state index contributed by atoms with van der Waals surface area (Å²) in [5.41, 5.74) is 2.92. The number of aryl methyl sites for hydroxylation is 3. The monoisotopic (exact) mass is 313 g/mol. The first-order chi connectivity index (χ1) is 11.0. The van der Waals surface area contributed by atoms with Crippen molar-refractivity contribution in [3.63, 3.8) is 0 Å². The molecule has 3 heterocycles. The van der Waals surface area contributed by atoms with E-state index in [9.17, 15) is 4.79 Å². The van der Waals surface area contributed by atoms with Crippen molar-refractivity contribution in [1.82, 2.24) is 24.8 Å². The van der Waals surface area contributed by atoms with Gasteiger partial charge in [0.05, 0.1) is 30.1 Å². The highest BCUT2D eigenvalue weighted by Gasteiger charge is 2.28. The van der Waals surface area contributed by atoms with Crippen LogP contribution in [0.5, 0.6) is 0 Å². The van der Waals surface area contributed by atoms with Crippen molar-refractivity contribution in [3.05, 3.63) is 47.1 Å². The molecule has 120 valence electrons. The number of morpholine rings is 1. The molecule has 0 N–H and O–H groups in total. The van der Waals surface area contributed by atoms with Crippen molar-refractivity contribution < 1.29 is 9.53 Å². The summed E-state index contributed by atoms with van der Waals surface area (Å²) in [7, 11) is 0. The average molecular weight is 313 g/mol. The Balaban J connectivity index is 1.81. The molecule has 1 fully saturated rings. The van der Waals surface area contributed by atoms with Crippen LogP contribution in [-0.2, 0) is 4.74 Å². The number of nitrogens with zero attached hydrogens (tertiary/aromatic N) is 5. The number of ether oxygens (including phenoxy) is 1. The van der Waals surface area contributed by atoms with Crippen LogP contribution < -0.4 is 0 Å². The zero-order valence-corrected chi connectivity index (χ0v) is 13.5. The summed E-state index contributed by atoms with van der Waals surface area (Å²) in [6.45, 7) is 7.08. The Morgan fingerprint density at radius 3 is 2.87 bits per heavy atom. The fourth-order valence-electron chi connectivity index (χ4n) is 2.69. The predicted molar refractivity (Wildman–Crippen MR) is 82.9 cm³/mol. The number of aromatic nitrogens is 4. The third kappa shape index (κ3) is 3.34. The zero-order chi connectivity index (χ0) is 16.4. The third-order valence-corrected chi connectivity index (χ3v) is 3.81. The molecule has 2 aromatic rings. The molecular formula is C16H19N5O2. The highest BCUT2D eigenvalue weighted by Crippen LogP contribution is 2.22. The normalized spacial score (nSPS) is 18.0. The summed E-state index contributed by atoms with van der Waals surface area (Å²) in [6.07, 6.45) is 2.77. The summed E-state index contributed by atoms with van der Waals surface area (Å²) in [5, 5.41) is 0. The van der Waals surface area contributed by atoms with E-state index in [2.05, 4.69) is 19.9 Å². The predicted octanol–water partition coefficient (Wildman–Crippen LogP) is 1.41. The molecule has 1 amide bonds. The van der Waals surface area contributed by atoms with Gasteiger partial charge in [0, 0.05) is 18.4 Å². The number of amides is 1. The molecule has 1 atom stereocenters. The van der Waals surface area contributed by atoms with Crippen molar-refractivity contribution in [1.29, 1.82) is 0 Å². The van der Waals surface area contributed by atoms with Crippen LogP contribution >= 0.6 is 0 Å². The fourth-order valence-corrected chi connectivity index (χ4v) is 2.69. The van der Waals surface area contributed by atoms with E-state index < -0.39 is 0 Å². The second-order valence-electron chi connectivity index (χ2n) is 5.61. The smallest absolute Gasteiger partial charge is 0.257 e. The lowest BCUT2D eigenvalue weighted by Gasteiger charge is -2.33. The molecule has 2 aromatic heterocycles. The van der Waals surface area contributed by atoms with Crippen molar-refractivity contribution in [2.45, 2.75) is 26.9 Å². The molecule has 0 aromatic carbocycles. The molecule has 0 saturated carbocycles. The minimum atomic E-state index is -0.238. The molecular weight excluding hydrogens is 294 g/mol. The van der Waals surface area contributed by atoms with Gasteiger partial charge in [-0.2, -0.15) is 0 Å². The van der Waals surface area contributed by atoms with E-state index in [4.69, 9.17) is 4.74 Å². The number of carbonyl (C=O) groups excluding carboxylic acids is 1. The maximum Gasteiger partial charge on any atom is 0.257 e. The second-order valence-corrected chi connectivity index (χ2v) is 5.61. The highest BCUT2D eigenvalue weighted by molar-refractivity contribution is 5.95. The van der Waals surface area contributed by atoms with E-state index in [1.54, 1.807) is 11.1 Å². The molecule has 0 spiro atoms. The second kappa shape index (κ2) is 6.37. The molecule has 0 unspecified atom stereocenters. The Kier molecular flexibility index (Phi) is 4.29. The zero-order valence-electron chi connectivity index (χ0n) is 13.5. The van der Waals surface area contributed by atoms with Crippen LogP contribution in [0.3, 0.4) is 0 Å². The van der Waals surface area contributed by atoms with Gasteiger partial charge in [-0.25, -0.2) is 19.9 Å². The van der Waals surface area contributed by atoms with Gasteiger partial charge in [0.2, 0.25) is 0 Å². The lowest BCUT2D eigenvalue weighted by atomic mass is 10.1. The van der Waals surface area contributed by atoms with Gasteiger partial charge in [-0.3, -0.25) is 4.79 Å². The Hall–Kier alpha value is -2.41. The molecule has 0 radical (unpaired) electrons. The van der Waals surface area contributed by atoms with Gasteiger partial charge in [0.15, 0.2) is 0 Å². The van der Waals surface area contributed by atoms with Crippen LogP contribution in [0.1, 0.15) is 39.4 Å². The van der Waals surface area contributed by atoms with Gasteiger partial charge in [-0.1, -0.05) is 0 Å². The number of hydrogen-bond acceptors (Lipinski definition) is 6. The first kappa shape index (κ1) is 15.5. The minimum Gasteiger partial charge on any atom is -0.368 e. The summed E-state index contributed by atoms with van der Waals surface area (Å²) < 4.78 is 5.81. The molecule has 7 heteroatoms. The Bertz CT molecular complexity index is 714. The Morgan fingerprint density at radius 2 is 2.13 bits per heavy atom. The van der Waals surface area contributed by atoms with Crippen molar-refractivity contribution in [3.8, 4) is 0 Å². The first-order valence-corrected chi connectivity index (χ1v) is 7.54. The molecule has 7 nitrogen and oxygen atoms in total. The van der Waals surface area contributed by atoms with Crippen molar-refractivity contribution in [2.75, 3.05) is 19.7 Å². The van der Waals surface area contributed by atoms with E-state index in [0.29, 0.717) is 36.8 Å². The molecule has 1 aliphatic heterocycles. The Labute approximate surface area is 134 Å². The van der Waals surface area contributed by atoms with Crippen molar-refractivity contribution in [2.24, 2.45) is 0 Å². The van der Waals surface area contributed by atoms with Gasteiger partial charge >= 0.3 is 0 Å². The van der Waals surface area contributed by atoms with E-state index in [0.717, 1.165) is 11.4 Å². The van der Waals surface area contributed by atoms with Gasteiger partial charge in [0.25, 0.3) is 5.91 Å². The van der Waals surface area contributed by atoms with E-state index in [1.807, 2.05) is 26.8 Å². The summed E-state index contributed by atoms with van der Waals surface area (Å²) in [6, 6.07) is 1.91. The van der Waals surface area contributed by atoms with E-state index in [1.165, 1.54) is 6.33 Å². The van der Waals surface area contributed by atoms with Gasteiger partial charge in [-0.05, 0) is 26.8 Å². The van der Waals surface area contributed by atoms with Gasteiger partial charge in [0.1, 0.15) is 18.3 Å². The molecule has 23 heavy (non-hydrogen) atoms. The maximum atomic E-state index is 12.7. The topological polar surface area (TPSA) is 81.1 Å². The molecule has 1 saturated heterocycles. The fraction of sp³-hybridized carbons (Fsp3) is 0.438.